The summed E-state index contributed by atoms with van der Waals surface area (Å²) in [6.07, 6.45) is -0.803. The van der Waals surface area contributed by atoms with Crippen LogP contribution in [0, 0.1) is 0 Å². The highest BCUT2D eigenvalue weighted by Gasteiger charge is 2.31. The van der Waals surface area contributed by atoms with Crippen LogP contribution in [0.2, 0.25) is 0 Å². The van der Waals surface area contributed by atoms with Crippen LogP contribution in [0.15, 0.2) is 54.6 Å². The summed E-state index contributed by atoms with van der Waals surface area (Å²) < 4.78 is 0. The van der Waals surface area contributed by atoms with Crippen molar-refractivity contribution in [3.63, 3.8) is 0 Å². The van der Waals surface area contributed by atoms with Crippen molar-refractivity contribution >= 4 is 42.3 Å². The average molecular weight is 547 g/mol. The maximum absolute atomic E-state index is 12.8. The molecule has 0 fully saturated rings. The lowest BCUT2D eigenvalue weighted by molar-refractivity contribution is -0.143. The van der Waals surface area contributed by atoms with Crippen LogP contribution < -0.4 is 21.7 Å². The molecule has 0 aliphatic rings. The maximum atomic E-state index is 12.8. The first-order valence-electron chi connectivity index (χ1n) is 11.5. The van der Waals surface area contributed by atoms with E-state index in [1.54, 1.807) is 24.3 Å². The Morgan fingerprint density at radius 1 is 0.737 bits per heavy atom. The van der Waals surface area contributed by atoms with E-state index in [1.165, 1.54) is 24.3 Å². The lowest BCUT2D eigenvalue weighted by Crippen LogP contribution is -2.58. The van der Waals surface area contributed by atoms with Crippen molar-refractivity contribution in [2.75, 3.05) is 5.75 Å². The van der Waals surface area contributed by atoms with Gasteiger partial charge in [-0.25, -0.2) is 4.79 Å². The van der Waals surface area contributed by atoms with Gasteiger partial charge in [0.25, 0.3) is 0 Å². The van der Waals surface area contributed by atoms with E-state index in [-0.39, 0.29) is 24.3 Å². The monoisotopic (exact) mass is 546 g/mol. The Morgan fingerprint density at radius 2 is 1.26 bits per heavy atom. The van der Waals surface area contributed by atoms with Crippen LogP contribution in [0.25, 0.3) is 0 Å². The van der Waals surface area contributed by atoms with E-state index in [4.69, 9.17) is 5.73 Å². The zero-order chi connectivity index (χ0) is 28.2. The van der Waals surface area contributed by atoms with Crippen molar-refractivity contribution < 1.29 is 39.3 Å². The SMILES string of the molecule is NC(Cc1ccccc1)C(=O)NC(CS)C(=O)NC(CC(=O)O)C(=O)NC(Cc1ccc(O)cc1)C(=O)O. The van der Waals surface area contributed by atoms with Crippen molar-refractivity contribution in [3.8, 4) is 5.75 Å². The smallest absolute Gasteiger partial charge is 0.326 e. The summed E-state index contributed by atoms with van der Waals surface area (Å²) in [6.45, 7) is 0. The van der Waals surface area contributed by atoms with Gasteiger partial charge in [-0.1, -0.05) is 42.5 Å². The number of hydrogen-bond donors (Lipinski definition) is 8. The number of phenols is 1. The zero-order valence-electron chi connectivity index (χ0n) is 20.2. The molecule has 3 amide bonds. The number of nitrogens with one attached hydrogen (secondary N) is 3. The van der Waals surface area contributed by atoms with Gasteiger partial charge in [-0.3, -0.25) is 19.2 Å². The number of nitrogens with two attached hydrogens (primary N) is 1. The summed E-state index contributed by atoms with van der Waals surface area (Å²) in [4.78, 5) is 61.2. The van der Waals surface area contributed by atoms with Gasteiger partial charge < -0.3 is 37.0 Å². The quantitative estimate of drug-likeness (QED) is 0.143. The molecular formula is C25H30N4O8S. The van der Waals surface area contributed by atoms with Crippen LogP contribution in [0.1, 0.15) is 17.5 Å². The highest BCUT2D eigenvalue weighted by molar-refractivity contribution is 7.80. The van der Waals surface area contributed by atoms with Crippen LogP contribution in [-0.2, 0) is 36.8 Å². The van der Waals surface area contributed by atoms with Gasteiger partial charge in [0.15, 0.2) is 0 Å². The second-order valence-corrected chi connectivity index (χ2v) is 8.83. The molecule has 0 spiro atoms. The van der Waals surface area contributed by atoms with Crippen molar-refractivity contribution in [1.82, 2.24) is 16.0 Å². The second-order valence-electron chi connectivity index (χ2n) is 8.47. The van der Waals surface area contributed by atoms with E-state index in [0.717, 1.165) is 5.56 Å². The molecule has 4 atom stereocenters. The third-order valence-electron chi connectivity index (χ3n) is 5.45. The first-order valence-corrected chi connectivity index (χ1v) is 12.2. The fourth-order valence-corrected chi connectivity index (χ4v) is 3.69. The molecule has 0 aromatic heterocycles. The van der Waals surface area contributed by atoms with E-state index >= 15 is 0 Å². The van der Waals surface area contributed by atoms with Crippen LogP contribution in [-0.4, -0.2) is 74.9 Å². The van der Waals surface area contributed by atoms with Gasteiger partial charge >= 0.3 is 11.9 Å². The molecule has 38 heavy (non-hydrogen) atoms. The van der Waals surface area contributed by atoms with Gasteiger partial charge in [0, 0.05) is 12.2 Å². The molecule has 0 saturated carbocycles. The molecule has 2 aromatic carbocycles. The Balaban J connectivity index is 2.05. The zero-order valence-corrected chi connectivity index (χ0v) is 21.1. The van der Waals surface area contributed by atoms with Crippen LogP contribution >= 0.6 is 12.6 Å². The summed E-state index contributed by atoms with van der Waals surface area (Å²) in [7, 11) is 0. The summed E-state index contributed by atoms with van der Waals surface area (Å²) in [5.74, 6) is -5.62. The average Bonchev–Trinajstić information content (AvgIpc) is 2.87. The molecule has 13 heteroatoms. The summed E-state index contributed by atoms with van der Waals surface area (Å²) in [6, 6.07) is 9.28. The number of thiol groups is 1. The minimum atomic E-state index is -1.64. The number of aromatic hydroxyl groups is 1. The number of hydrogen-bond acceptors (Lipinski definition) is 8. The van der Waals surface area contributed by atoms with Crippen LogP contribution in [0.3, 0.4) is 0 Å². The Kier molecular flexibility index (Phi) is 11.6. The molecule has 8 N–H and O–H groups in total. The third-order valence-corrected chi connectivity index (χ3v) is 5.82. The molecule has 2 aromatic rings. The molecule has 4 unspecified atom stereocenters. The Labute approximate surface area is 224 Å². The van der Waals surface area contributed by atoms with Gasteiger partial charge in [0.2, 0.25) is 17.7 Å². The Morgan fingerprint density at radius 3 is 1.82 bits per heavy atom. The molecule has 204 valence electrons. The molecule has 0 saturated heterocycles. The number of carbonyl (C=O) groups excluding carboxylic acids is 3. The first-order chi connectivity index (χ1) is 18.0. The summed E-state index contributed by atoms with van der Waals surface area (Å²) >= 11 is 4.06. The van der Waals surface area contributed by atoms with Gasteiger partial charge in [0.05, 0.1) is 12.5 Å². The fraction of sp³-hybridized carbons (Fsp3) is 0.320. The number of carboxylic acid groups (broad SMARTS) is 2. The largest absolute Gasteiger partial charge is 0.508 e. The molecule has 2 rings (SSSR count). The summed E-state index contributed by atoms with van der Waals surface area (Å²) in [5, 5.41) is 35.1. The van der Waals surface area contributed by atoms with Gasteiger partial charge in [0.1, 0.15) is 23.9 Å². The number of carbonyl (C=O) groups is 5. The number of phenolic OH excluding ortho intramolecular Hbond substituents is 1. The minimum Gasteiger partial charge on any atom is -0.508 e. The highest BCUT2D eigenvalue weighted by atomic mass is 32.1. The molecule has 0 heterocycles. The van der Waals surface area contributed by atoms with Crippen molar-refractivity contribution in [3.05, 3.63) is 65.7 Å². The molecule has 0 aliphatic carbocycles. The van der Waals surface area contributed by atoms with Gasteiger partial charge in [-0.15, -0.1) is 0 Å². The lowest BCUT2D eigenvalue weighted by Gasteiger charge is -2.24. The van der Waals surface area contributed by atoms with Crippen molar-refractivity contribution in [1.29, 1.82) is 0 Å². The van der Waals surface area contributed by atoms with E-state index in [9.17, 15) is 39.3 Å². The fourth-order valence-electron chi connectivity index (χ4n) is 3.43. The summed E-state index contributed by atoms with van der Waals surface area (Å²) in [5.41, 5.74) is 7.23. The number of amides is 3. The van der Waals surface area contributed by atoms with E-state index < -0.39 is 60.2 Å². The third kappa shape index (κ3) is 9.75. The van der Waals surface area contributed by atoms with Crippen LogP contribution in [0.4, 0.5) is 0 Å². The Hall–Kier alpha value is -4.10. The standard InChI is InChI=1S/C25H30N4O8S/c26-17(10-14-4-2-1-3-5-14)22(33)29-20(13-38)24(35)27-18(12-21(31)32)23(34)28-19(25(36)37)11-15-6-8-16(30)9-7-15/h1-9,17-20,30,38H,10-13,26H2,(H,27,35)(H,28,34)(H,29,33)(H,31,32)(H,36,37). The lowest BCUT2D eigenvalue weighted by atomic mass is 10.0. The molecular weight excluding hydrogens is 516 g/mol. The van der Waals surface area contributed by atoms with Gasteiger partial charge in [-0.05, 0) is 29.7 Å². The van der Waals surface area contributed by atoms with E-state index in [0.29, 0.717) is 5.56 Å². The number of benzene rings is 2. The van der Waals surface area contributed by atoms with Crippen molar-refractivity contribution in [2.45, 2.75) is 43.4 Å². The Bertz CT molecular complexity index is 1130. The second kappa shape index (κ2) is 14.6. The first kappa shape index (κ1) is 30.1. The van der Waals surface area contributed by atoms with E-state index in [2.05, 4.69) is 28.6 Å². The molecule has 0 aliphatic heterocycles. The number of aliphatic carboxylic acids is 2. The molecule has 12 nitrogen and oxygen atoms in total. The minimum absolute atomic E-state index is 0.0271. The molecule has 0 radical (unpaired) electrons. The predicted octanol–water partition coefficient (Wildman–Crippen LogP) is -0.552. The predicted molar refractivity (Wildman–Crippen MR) is 139 cm³/mol. The maximum Gasteiger partial charge on any atom is 0.326 e. The van der Waals surface area contributed by atoms with Crippen molar-refractivity contribution in [2.24, 2.45) is 5.73 Å². The van der Waals surface area contributed by atoms with Crippen LogP contribution in [0.5, 0.6) is 5.75 Å². The highest BCUT2D eigenvalue weighted by Crippen LogP contribution is 2.12. The topological polar surface area (TPSA) is 208 Å². The number of carboxylic acids is 2. The molecule has 0 bridgehead atoms. The van der Waals surface area contributed by atoms with E-state index in [1.807, 2.05) is 6.07 Å². The number of rotatable bonds is 14. The van der Waals surface area contributed by atoms with Gasteiger partial charge in [-0.2, -0.15) is 12.6 Å². The normalized spacial score (nSPS) is 13.8.